The average Bonchev–Trinajstić information content (AvgIpc) is 2.27. The van der Waals surface area contributed by atoms with Crippen LogP contribution in [0, 0.1) is 18.3 Å². The van der Waals surface area contributed by atoms with Gasteiger partial charge in [-0.1, -0.05) is 6.92 Å². The molecule has 4 heteroatoms. The third-order valence-electron chi connectivity index (χ3n) is 3.64. The lowest BCUT2D eigenvalue weighted by atomic mass is 9.62. The van der Waals surface area contributed by atoms with Gasteiger partial charge in [0, 0.05) is 12.7 Å². The summed E-state index contributed by atoms with van der Waals surface area (Å²) >= 11 is 0. The molecule has 1 aromatic rings. The Balaban J connectivity index is 2.09. The molecule has 1 aliphatic rings. The number of hydrogen-bond donors (Lipinski definition) is 2. The minimum atomic E-state index is -0.359. The van der Waals surface area contributed by atoms with Gasteiger partial charge >= 0.3 is 0 Å². The lowest BCUT2D eigenvalue weighted by Gasteiger charge is -2.44. The minimum absolute atomic E-state index is 0.0363. The second kappa shape index (κ2) is 4.45. The van der Waals surface area contributed by atoms with Crippen LogP contribution in [0.1, 0.15) is 25.3 Å². The molecule has 0 aliphatic heterocycles. The minimum Gasteiger partial charge on any atom is -0.329 e. The van der Waals surface area contributed by atoms with Gasteiger partial charge in [-0.05, 0) is 37.3 Å². The van der Waals surface area contributed by atoms with E-state index in [-0.39, 0.29) is 11.3 Å². The lowest BCUT2D eigenvalue weighted by molar-refractivity contribution is -0.132. The summed E-state index contributed by atoms with van der Waals surface area (Å²) in [6.45, 7) is 4.52. The van der Waals surface area contributed by atoms with E-state index in [1.54, 1.807) is 12.4 Å². The highest BCUT2D eigenvalue weighted by Crippen LogP contribution is 2.45. The number of hydrogen-bond acceptors (Lipinski definition) is 3. The lowest BCUT2D eigenvalue weighted by Crippen LogP contribution is -2.51. The van der Waals surface area contributed by atoms with E-state index in [9.17, 15) is 4.79 Å². The summed E-state index contributed by atoms with van der Waals surface area (Å²) in [6.07, 6.45) is 5.16. The quantitative estimate of drug-likeness (QED) is 0.835. The van der Waals surface area contributed by atoms with Gasteiger partial charge in [0.05, 0.1) is 17.3 Å². The van der Waals surface area contributed by atoms with Crippen molar-refractivity contribution in [1.82, 2.24) is 4.98 Å². The predicted octanol–water partition coefficient (Wildman–Crippen LogP) is 1.70. The van der Waals surface area contributed by atoms with Crippen LogP contribution in [-0.2, 0) is 4.79 Å². The second-order valence-corrected chi connectivity index (χ2v) is 5.14. The molecule has 1 amide bonds. The SMILES string of the molecule is Cc1ccncc1NC(=O)C1(CN)CC(C)C1. The van der Waals surface area contributed by atoms with Crippen LogP contribution in [0.3, 0.4) is 0 Å². The molecule has 3 N–H and O–H groups in total. The summed E-state index contributed by atoms with van der Waals surface area (Å²) in [6, 6.07) is 1.88. The van der Waals surface area contributed by atoms with E-state index in [1.165, 1.54) is 0 Å². The summed E-state index contributed by atoms with van der Waals surface area (Å²) in [7, 11) is 0. The average molecular weight is 233 g/mol. The molecule has 0 radical (unpaired) electrons. The highest BCUT2D eigenvalue weighted by Gasteiger charge is 2.47. The topological polar surface area (TPSA) is 68.0 Å². The number of nitrogens with two attached hydrogens (primary N) is 1. The standard InChI is InChI=1S/C13H19N3O/c1-9-5-13(6-9,8-14)12(17)16-11-7-15-4-3-10(11)2/h3-4,7,9H,5-6,8,14H2,1-2H3,(H,16,17). The van der Waals surface area contributed by atoms with Gasteiger partial charge < -0.3 is 11.1 Å². The predicted molar refractivity (Wildman–Crippen MR) is 67.5 cm³/mol. The molecular formula is C13H19N3O. The van der Waals surface area contributed by atoms with E-state index in [2.05, 4.69) is 17.2 Å². The smallest absolute Gasteiger partial charge is 0.231 e. The molecule has 17 heavy (non-hydrogen) atoms. The van der Waals surface area contributed by atoms with Crippen LogP contribution in [0.4, 0.5) is 5.69 Å². The molecule has 1 aliphatic carbocycles. The Hall–Kier alpha value is -1.42. The number of anilines is 1. The zero-order valence-electron chi connectivity index (χ0n) is 10.4. The van der Waals surface area contributed by atoms with Crippen molar-refractivity contribution >= 4 is 11.6 Å². The van der Waals surface area contributed by atoms with Crippen molar-refractivity contribution in [3.05, 3.63) is 24.0 Å². The van der Waals surface area contributed by atoms with Crippen molar-refractivity contribution in [3.8, 4) is 0 Å². The van der Waals surface area contributed by atoms with Crippen LogP contribution in [0.15, 0.2) is 18.5 Å². The molecule has 0 spiro atoms. The van der Waals surface area contributed by atoms with E-state index >= 15 is 0 Å². The van der Waals surface area contributed by atoms with E-state index < -0.39 is 0 Å². The first-order valence-electron chi connectivity index (χ1n) is 5.99. The number of rotatable bonds is 3. The molecule has 1 fully saturated rings. The maximum Gasteiger partial charge on any atom is 0.231 e. The molecular weight excluding hydrogens is 214 g/mol. The summed E-state index contributed by atoms with van der Waals surface area (Å²) < 4.78 is 0. The van der Waals surface area contributed by atoms with Gasteiger partial charge in [-0.15, -0.1) is 0 Å². The van der Waals surface area contributed by atoms with Crippen molar-refractivity contribution in [3.63, 3.8) is 0 Å². The zero-order chi connectivity index (χ0) is 12.5. The monoisotopic (exact) mass is 233 g/mol. The highest BCUT2D eigenvalue weighted by molar-refractivity contribution is 5.96. The maximum absolute atomic E-state index is 12.2. The van der Waals surface area contributed by atoms with Crippen molar-refractivity contribution in [2.24, 2.45) is 17.1 Å². The van der Waals surface area contributed by atoms with E-state index in [4.69, 9.17) is 5.73 Å². The fourth-order valence-electron chi connectivity index (χ4n) is 2.57. The van der Waals surface area contributed by atoms with Gasteiger partial charge in [-0.25, -0.2) is 0 Å². The van der Waals surface area contributed by atoms with Crippen LogP contribution in [0.25, 0.3) is 0 Å². The molecule has 0 unspecified atom stereocenters. The molecule has 0 saturated heterocycles. The molecule has 1 saturated carbocycles. The van der Waals surface area contributed by atoms with Gasteiger partial charge in [0.25, 0.3) is 0 Å². The van der Waals surface area contributed by atoms with Gasteiger partial charge in [-0.3, -0.25) is 9.78 Å². The fourth-order valence-corrected chi connectivity index (χ4v) is 2.57. The number of aryl methyl sites for hydroxylation is 1. The van der Waals surface area contributed by atoms with Crippen molar-refractivity contribution in [2.75, 3.05) is 11.9 Å². The van der Waals surface area contributed by atoms with Crippen molar-refractivity contribution < 1.29 is 4.79 Å². The molecule has 2 rings (SSSR count). The van der Waals surface area contributed by atoms with Crippen molar-refractivity contribution in [1.29, 1.82) is 0 Å². The highest BCUT2D eigenvalue weighted by atomic mass is 16.2. The first-order chi connectivity index (χ1) is 8.07. The molecule has 0 bridgehead atoms. The third kappa shape index (κ3) is 2.17. The fraction of sp³-hybridized carbons (Fsp3) is 0.538. The van der Waals surface area contributed by atoms with Crippen LogP contribution in [-0.4, -0.2) is 17.4 Å². The Kier molecular flexibility index (Phi) is 3.15. The van der Waals surface area contributed by atoms with Gasteiger partial charge in [0.1, 0.15) is 0 Å². The first kappa shape index (κ1) is 12.0. The van der Waals surface area contributed by atoms with Crippen LogP contribution >= 0.6 is 0 Å². The Morgan fingerprint density at radius 1 is 1.65 bits per heavy atom. The summed E-state index contributed by atoms with van der Waals surface area (Å²) in [4.78, 5) is 16.2. The molecule has 0 aromatic carbocycles. The molecule has 4 nitrogen and oxygen atoms in total. The number of pyridine rings is 1. The number of nitrogens with one attached hydrogen (secondary N) is 1. The first-order valence-corrected chi connectivity index (χ1v) is 5.99. The Morgan fingerprint density at radius 3 is 2.88 bits per heavy atom. The van der Waals surface area contributed by atoms with Gasteiger partial charge in [0.15, 0.2) is 0 Å². The van der Waals surface area contributed by atoms with Gasteiger partial charge in [-0.2, -0.15) is 0 Å². The largest absolute Gasteiger partial charge is 0.329 e. The number of carbonyl (C=O) groups excluding carboxylic acids is 1. The number of nitrogens with zero attached hydrogens (tertiary/aromatic N) is 1. The molecule has 92 valence electrons. The number of aromatic nitrogens is 1. The van der Waals surface area contributed by atoms with Crippen LogP contribution in [0.5, 0.6) is 0 Å². The van der Waals surface area contributed by atoms with E-state index in [1.807, 2.05) is 13.0 Å². The second-order valence-electron chi connectivity index (χ2n) is 5.14. The maximum atomic E-state index is 12.2. The Morgan fingerprint density at radius 2 is 2.35 bits per heavy atom. The van der Waals surface area contributed by atoms with E-state index in [0.717, 1.165) is 24.1 Å². The van der Waals surface area contributed by atoms with Crippen LogP contribution in [0.2, 0.25) is 0 Å². The molecule has 1 aromatic heterocycles. The van der Waals surface area contributed by atoms with E-state index in [0.29, 0.717) is 12.5 Å². The van der Waals surface area contributed by atoms with Gasteiger partial charge in [0.2, 0.25) is 5.91 Å². The van der Waals surface area contributed by atoms with Crippen LogP contribution < -0.4 is 11.1 Å². The Labute approximate surface area is 102 Å². The Bertz CT molecular complexity index is 424. The van der Waals surface area contributed by atoms with Crippen molar-refractivity contribution in [2.45, 2.75) is 26.7 Å². The number of carbonyl (C=O) groups is 1. The molecule has 1 heterocycles. The summed E-state index contributed by atoms with van der Waals surface area (Å²) in [5.74, 6) is 0.633. The zero-order valence-corrected chi connectivity index (χ0v) is 10.4. The third-order valence-corrected chi connectivity index (χ3v) is 3.64. The summed E-state index contributed by atoms with van der Waals surface area (Å²) in [5, 5.41) is 2.94. The molecule has 0 atom stereocenters. The number of amides is 1. The summed E-state index contributed by atoms with van der Waals surface area (Å²) in [5.41, 5.74) is 7.19. The normalized spacial score (nSPS) is 27.4.